The van der Waals surface area contributed by atoms with Gasteiger partial charge < -0.3 is 19.9 Å². The molecule has 0 aromatic carbocycles. The van der Waals surface area contributed by atoms with E-state index in [1.165, 1.54) is 0 Å². The molecule has 0 amide bonds. The Labute approximate surface area is 90.9 Å². The average Bonchev–Trinajstić information content (AvgIpc) is 2.18. The van der Waals surface area contributed by atoms with Crippen molar-refractivity contribution >= 4 is 5.97 Å². The highest BCUT2D eigenvalue weighted by Gasteiger charge is 2.30. The van der Waals surface area contributed by atoms with Crippen molar-refractivity contribution in [2.75, 3.05) is 33.0 Å². The molecule has 0 aromatic rings. The van der Waals surface area contributed by atoms with Crippen molar-refractivity contribution in [1.29, 1.82) is 0 Å². The Morgan fingerprint density at radius 3 is 2.33 bits per heavy atom. The summed E-state index contributed by atoms with van der Waals surface area (Å²) >= 11 is 0. The number of hydrogen-bond donors (Lipinski definition) is 1. The van der Waals surface area contributed by atoms with Crippen molar-refractivity contribution in [3.8, 4) is 0 Å². The number of hydrogen-bond acceptors (Lipinski definition) is 5. The molecule has 1 unspecified atom stereocenters. The normalized spacial score (nSPS) is 14.7. The molecule has 0 rings (SSSR count). The molecule has 15 heavy (non-hydrogen) atoms. The zero-order valence-electron chi connectivity index (χ0n) is 9.75. The highest BCUT2D eigenvalue weighted by Crippen LogP contribution is 2.03. The molecule has 0 saturated carbocycles. The van der Waals surface area contributed by atoms with Gasteiger partial charge in [-0.05, 0) is 20.8 Å². The van der Waals surface area contributed by atoms with Crippen LogP contribution in [0.5, 0.6) is 0 Å². The summed E-state index contributed by atoms with van der Waals surface area (Å²) in [6.45, 7) is 7.29. The van der Waals surface area contributed by atoms with E-state index in [0.717, 1.165) is 0 Å². The SMILES string of the molecule is CCOCCOCC(C)(N)C(=O)OCC. The second kappa shape index (κ2) is 7.62. The van der Waals surface area contributed by atoms with Crippen LogP contribution in [0.25, 0.3) is 0 Å². The Hall–Kier alpha value is -0.650. The summed E-state index contributed by atoms with van der Waals surface area (Å²) in [4.78, 5) is 11.3. The fourth-order valence-corrected chi connectivity index (χ4v) is 0.901. The maximum Gasteiger partial charge on any atom is 0.328 e. The standard InChI is InChI=1S/C10H21NO4/c1-4-13-6-7-14-8-10(3,11)9(12)15-5-2/h4-8,11H2,1-3H3. The molecule has 0 saturated heterocycles. The van der Waals surface area contributed by atoms with Gasteiger partial charge in [-0.1, -0.05) is 0 Å². The van der Waals surface area contributed by atoms with E-state index in [1.807, 2.05) is 6.92 Å². The van der Waals surface area contributed by atoms with Crippen LogP contribution in [0, 0.1) is 0 Å². The molecular weight excluding hydrogens is 198 g/mol. The van der Waals surface area contributed by atoms with Crippen LogP contribution in [0.2, 0.25) is 0 Å². The first-order valence-corrected chi connectivity index (χ1v) is 5.16. The first-order valence-electron chi connectivity index (χ1n) is 5.16. The van der Waals surface area contributed by atoms with E-state index >= 15 is 0 Å². The van der Waals surface area contributed by atoms with Crippen LogP contribution in [0.4, 0.5) is 0 Å². The number of esters is 1. The maximum absolute atomic E-state index is 11.3. The second-order valence-corrected chi connectivity index (χ2v) is 3.39. The third kappa shape index (κ3) is 6.43. The van der Waals surface area contributed by atoms with E-state index in [1.54, 1.807) is 13.8 Å². The Kier molecular flexibility index (Phi) is 7.29. The number of ether oxygens (including phenoxy) is 3. The maximum atomic E-state index is 11.3. The molecule has 0 aliphatic rings. The van der Waals surface area contributed by atoms with Gasteiger partial charge >= 0.3 is 5.97 Å². The minimum absolute atomic E-state index is 0.138. The van der Waals surface area contributed by atoms with Crippen LogP contribution in [-0.2, 0) is 19.0 Å². The molecule has 0 spiro atoms. The first-order chi connectivity index (χ1) is 7.04. The number of carbonyl (C=O) groups excluding carboxylic acids is 1. The number of carbonyl (C=O) groups is 1. The summed E-state index contributed by atoms with van der Waals surface area (Å²) in [6, 6.07) is 0. The zero-order valence-corrected chi connectivity index (χ0v) is 9.75. The van der Waals surface area contributed by atoms with Crippen LogP contribution in [0.15, 0.2) is 0 Å². The Morgan fingerprint density at radius 1 is 1.20 bits per heavy atom. The molecule has 90 valence electrons. The summed E-state index contributed by atoms with van der Waals surface area (Å²) in [5.41, 5.74) is 4.64. The van der Waals surface area contributed by atoms with Gasteiger partial charge in [0.25, 0.3) is 0 Å². The number of rotatable bonds is 8. The van der Waals surface area contributed by atoms with Gasteiger partial charge in [-0.25, -0.2) is 4.79 Å². The third-order valence-electron chi connectivity index (χ3n) is 1.72. The lowest BCUT2D eigenvalue weighted by Gasteiger charge is -2.21. The van der Waals surface area contributed by atoms with Crippen LogP contribution in [-0.4, -0.2) is 44.5 Å². The van der Waals surface area contributed by atoms with Gasteiger partial charge in [0, 0.05) is 6.61 Å². The average molecular weight is 219 g/mol. The summed E-state index contributed by atoms with van der Waals surface area (Å²) in [6.07, 6.45) is 0. The minimum Gasteiger partial charge on any atom is -0.465 e. The van der Waals surface area contributed by atoms with Gasteiger partial charge in [-0.3, -0.25) is 0 Å². The lowest BCUT2D eigenvalue weighted by atomic mass is 10.1. The minimum atomic E-state index is -1.08. The van der Waals surface area contributed by atoms with Gasteiger partial charge in [-0.15, -0.1) is 0 Å². The molecule has 5 heteroatoms. The van der Waals surface area contributed by atoms with Gasteiger partial charge in [-0.2, -0.15) is 0 Å². The van der Waals surface area contributed by atoms with Gasteiger partial charge in [0.15, 0.2) is 0 Å². The smallest absolute Gasteiger partial charge is 0.328 e. The van der Waals surface area contributed by atoms with Gasteiger partial charge in [0.05, 0.1) is 26.4 Å². The van der Waals surface area contributed by atoms with E-state index in [9.17, 15) is 4.79 Å². The lowest BCUT2D eigenvalue weighted by molar-refractivity contribution is -0.151. The van der Waals surface area contributed by atoms with E-state index in [-0.39, 0.29) is 6.61 Å². The Morgan fingerprint density at radius 2 is 1.80 bits per heavy atom. The molecule has 1 atom stereocenters. The predicted octanol–water partition coefficient (Wildman–Crippen LogP) is 0.320. The Bertz CT molecular complexity index is 182. The van der Waals surface area contributed by atoms with Gasteiger partial charge in [0.2, 0.25) is 0 Å². The second-order valence-electron chi connectivity index (χ2n) is 3.39. The molecule has 0 aliphatic carbocycles. The molecule has 2 N–H and O–H groups in total. The molecule has 0 radical (unpaired) electrons. The Balaban J connectivity index is 3.68. The van der Waals surface area contributed by atoms with Crippen molar-refractivity contribution in [1.82, 2.24) is 0 Å². The topological polar surface area (TPSA) is 70.8 Å². The van der Waals surface area contributed by atoms with Crippen LogP contribution in [0.3, 0.4) is 0 Å². The zero-order chi connectivity index (χ0) is 11.7. The van der Waals surface area contributed by atoms with Crippen LogP contribution < -0.4 is 5.73 Å². The van der Waals surface area contributed by atoms with Crippen LogP contribution >= 0.6 is 0 Å². The van der Waals surface area contributed by atoms with E-state index in [0.29, 0.717) is 26.4 Å². The molecule has 0 aliphatic heterocycles. The summed E-state index contributed by atoms with van der Waals surface area (Å²) in [5, 5.41) is 0. The van der Waals surface area contributed by atoms with E-state index in [4.69, 9.17) is 19.9 Å². The molecular formula is C10H21NO4. The molecule has 0 aromatic heterocycles. The summed E-state index contributed by atoms with van der Waals surface area (Å²) < 4.78 is 15.1. The lowest BCUT2D eigenvalue weighted by Crippen LogP contribution is -2.50. The third-order valence-corrected chi connectivity index (χ3v) is 1.72. The number of nitrogens with two attached hydrogens (primary N) is 1. The van der Waals surface area contributed by atoms with Crippen molar-refractivity contribution in [3.63, 3.8) is 0 Å². The van der Waals surface area contributed by atoms with E-state index in [2.05, 4.69) is 0 Å². The van der Waals surface area contributed by atoms with Crippen molar-refractivity contribution < 1.29 is 19.0 Å². The van der Waals surface area contributed by atoms with Crippen molar-refractivity contribution in [2.45, 2.75) is 26.3 Å². The summed E-state index contributed by atoms with van der Waals surface area (Å²) in [7, 11) is 0. The first kappa shape index (κ1) is 14.3. The van der Waals surface area contributed by atoms with E-state index < -0.39 is 11.5 Å². The molecule has 5 nitrogen and oxygen atoms in total. The van der Waals surface area contributed by atoms with Crippen molar-refractivity contribution in [3.05, 3.63) is 0 Å². The highest BCUT2D eigenvalue weighted by atomic mass is 16.5. The predicted molar refractivity (Wildman–Crippen MR) is 56.5 cm³/mol. The quantitative estimate of drug-likeness (QED) is 0.470. The van der Waals surface area contributed by atoms with Gasteiger partial charge in [0.1, 0.15) is 5.54 Å². The van der Waals surface area contributed by atoms with Crippen molar-refractivity contribution in [2.24, 2.45) is 5.73 Å². The fourth-order valence-electron chi connectivity index (χ4n) is 0.901. The highest BCUT2D eigenvalue weighted by molar-refractivity contribution is 5.80. The molecule has 0 heterocycles. The monoisotopic (exact) mass is 219 g/mol. The largest absolute Gasteiger partial charge is 0.465 e. The molecule has 0 bridgehead atoms. The summed E-state index contributed by atoms with van der Waals surface area (Å²) in [5.74, 6) is -0.443. The fraction of sp³-hybridized carbons (Fsp3) is 0.900. The van der Waals surface area contributed by atoms with Crippen LogP contribution in [0.1, 0.15) is 20.8 Å². The molecule has 0 fully saturated rings.